The molecule has 0 aliphatic heterocycles. The number of benzene rings is 2. The Bertz CT molecular complexity index is 841. The van der Waals surface area contributed by atoms with Gasteiger partial charge in [0.05, 0.1) is 46.2 Å². The molecule has 0 aromatic heterocycles. The molecule has 2 rings (SSSR count). The zero-order chi connectivity index (χ0) is 19.5. The molecule has 0 amide bonds. The Morgan fingerprint density at radius 2 is 1.33 bits per heavy atom. The van der Waals surface area contributed by atoms with Crippen LogP contribution >= 0.6 is 0 Å². The molecule has 138 valence electrons. The summed E-state index contributed by atoms with van der Waals surface area (Å²) in [7, 11) is 0. The normalized spacial score (nSPS) is 11.4. The van der Waals surface area contributed by atoms with Crippen molar-refractivity contribution in [2.24, 2.45) is 0 Å². The standard InChI is InChI=1S/C22H22N2O3/c1-17-4-8-19(9-5-17)21(23-2)22(24-3)20-10-6-18(7-11-20)16-27-15-14-26-13-12-25/h4-11,25H,12-16H2,1H3/b22-21-. The van der Waals surface area contributed by atoms with Gasteiger partial charge in [0.2, 0.25) is 11.4 Å². The Morgan fingerprint density at radius 3 is 1.85 bits per heavy atom. The fourth-order valence-electron chi connectivity index (χ4n) is 2.45. The van der Waals surface area contributed by atoms with E-state index in [0.29, 0.717) is 43.4 Å². The molecule has 0 aliphatic carbocycles. The molecule has 0 radical (unpaired) electrons. The SMILES string of the molecule is [C-]#[N+]/C(=C(\[N+]#[C-])c1ccc(COCCOCCO)cc1)c1ccc(C)cc1. The van der Waals surface area contributed by atoms with Crippen LogP contribution < -0.4 is 0 Å². The number of rotatable bonds is 9. The number of hydrogen-bond acceptors (Lipinski definition) is 3. The van der Waals surface area contributed by atoms with Gasteiger partial charge in [0.25, 0.3) is 0 Å². The van der Waals surface area contributed by atoms with Crippen LogP contribution in [0.5, 0.6) is 0 Å². The van der Waals surface area contributed by atoms with Gasteiger partial charge in [-0.1, -0.05) is 54.1 Å². The average molecular weight is 362 g/mol. The Labute approximate surface area is 160 Å². The van der Waals surface area contributed by atoms with Crippen molar-refractivity contribution in [3.8, 4) is 0 Å². The fourth-order valence-corrected chi connectivity index (χ4v) is 2.45. The summed E-state index contributed by atoms with van der Waals surface area (Å²) in [4.78, 5) is 7.21. The number of nitrogens with zero attached hydrogens (tertiary/aromatic N) is 2. The van der Waals surface area contributed by atoms with E-state index in [2.05, 4.69) is 9.69 Å². The number of aliphatic hydroxyl groups is 1. The number of aliphatic hydroxyl groups excluding tert-OH is 1. The van der Waals surface area contributed by atoms with Gasteiger partial charge < -0.3 is 14.6 Å². The van der Waals surface area contributed by atoms with Crippen LogP contribution in [0.25, 0.3) is 21.1 Å². The molecule has 5 heteroatoms. The highest BCUT2D eigenvalue weighted by molar-refractivity contribution is 5.96. The average Bonchev–Trinajstić information content (AvgIpc) is 2.70. The molecule has 0 unspecified atom stereocenters. The molecule has 0 aliphatic rings. The molecule has 0 heterocycles. The van der Waals surface area contributed by atoms with Crippen molar-refractivity contribution in [2.75, 3.05) is 26.4 Å². The predicted molar refractivity (Wildman–Crippen MR) is 105 cm³/mol. The van der Waals surface area contributed by atoms with E-state index < -0.39 is 0 Å². The zero-order valence-electron chi connectivity index (χ0n) is 15.3. The van der Waals surface area contributed by atoms with E-state index in [1.807, 2.05) is 55.5 Å². The molecule has 1 N–H and O–H groups in total. The van der Waals surface area contributed by atoms with Crippen molar-refractivity contribution < 1.29 is 14.6 Å². The van der Waals surface area contributed by atoms with Crippen LogP contribution in [-0.4, -0.2) is 31.5 Å². The van der Waals surface area contributed by atoms with Crippen LogP contribution in [0.1, 0.15) is 22.3 Å². The van der Waals surface area contributed by atoms with Gasteiger partial charge in [0, 0.05) is 0 Å². The van der Waals surface area contributed by atoms with Gasteiger partial charge in [-0.25, -0.2) is 9.69 Å². The maximum absolute atomic E-state index is 8.62. The van der Waals surface area contributed by atoms with Gasteiger partial charge in [0.15, 0.2) is 0 Å². The third-order valence-electron chi connectivity index (χ3n) is 3.88. The highest BCUT2D eigenvalue weighted by Crippen LogP contribution is 2.29. The summed E-state index contributed by atoms with van der Waals surface area (Å²) in [5, 5.41) is 8.62. The van der Waals surface area contributed by atoms with Gasteiger partial charge >= 0.3 is 0 Å². The monoisotopic (exact) mass is 362 g/mol. The van der Waals surface area contributed by atoms with Gasteiger partial charge in [0.1, 0.15) is 0 Å². The van der Waals surface area contributed by atoms with E-state index in [4.69, 9.17) is 27.7 Å². The second-order valence-corrected chi connectivity index (χ2v) is 5.87. The largest absolute Gasteiger partial charge is 0.394 e. The molecule has 0 spiro atoms. The highest BCUT2D eigenvalue weighted by atomic mass is 16.5. The first kappa shape index (κ1) is 20.4. The summed E-state index contributed by atoms with van der Waals surface area (Å²) in [6.45, 7) is 18.7. The Balaban J connectivity index is 2.10. The van der Waals surface area contributed by atoms with Crippen LogP contribution in [0.3, 0.4) is 0 Å². The van der Waals surface area contributed by atoms with Crippen LogP contribution in [0.15, 0.2) is 48.5 Å². The van der Waals surface area contributed by atoms with Crippen LogP contribution in [0, 0.1) is 20.1 Å². The van der Waals surface area contributed by atoms with Gasteiger partial charge in [-0.2, -0.15) is 0 Å². The molecule has 5 nitrogen and oxygen atoms in total. The second-order valence-electron chi connectivity index (χ2n) is 5.87. The van der Waals surface area contributed by atoms with E-state index in [0.717, 1.165) is 16.7 Å². The topological polar surface area (TPSA) is 47.4 Å². The Kier molecular flexibility index (Phi) is 8.22. The van der Waals surface area contributed by atoms with Gasteiger partial charge in [-0.05, 0) is 23.6 Å². The minimum atomic E-state index is 0.00749. The van der Waals surface area contributed by atoms with Crippen molar-refractivity contribution in [3.63, 3.8) is 0 Å². The van der Waals surface area contributed by atoms with Crippen molar-refractivity contribution in [2.45, 2.75) is 13.5 Å². The first-order valence-corrected chi connectivity index (χ1v) is 8.61. The molecule has 2 aromatic rings. The third kappa shape index (κ3) is 6.06. The number of aryl methyl sites for hydroxylation is 1. The van der Waals surface area contributed by atoms with E-state index >= 15 is 0 Å². The van der Waals surface area contributed by atoms with E-state index in [-0.39, 0.29) is 6.61 Å². The molecule has 0 bridgehead atoms. The first-order chi connectivity index (χ1) is 13.2. The van der Waals surface area contributed by atoms with Crippen LogP contribution in [0.4, 0.5) is 0 Å². The van der Waals surface area contributed by atoms with Crippen molar-refractivity contribution in [3.05, 3.63) is 93.6 Å². The molecule has 0 saturated heterocycles. The molecule has 2 aromatic carbocycles. The summed E-state index contributed by atoms with van der Waals surface area (Å²) in [6, 6.07) is 15.1. The lowest BCUT2D eigenvalue weighted by Crippen LogP contribution is -2.07. The molecule has 0 saturated carbocycles. The predicted octanol–water partition coefficient (Wildman–Crippen LogP) is 4.18. The number of ether oxygens (including phenoxy) is 2. The van der Waals surface area contributed by atoms with Crippen LogP contribution in [0.2, 0.25) is 0 Å². The lowest BCUT2D eigenvalue weighted by molar-refractivity contribution is 0.0274. The maximum Gasteiger partial charge on any atom is 0.202 e. The molecule has 0 atom stereocenters. The van der Waals surface area contributed by atoms with Crippen LogP contribution in [-0.2, 0) is 16.1 Å². The second kappa shape index (κ2) is 10.9. The molecule has 0 fully saturated rings. The number of hydrogen-bond donors (Lipinski definition) is 1. The fraction of sp³-hybridized carbons (Fsp3) is 0.273. The maximum atomic E-state index is 8.62. The van der Waals surface area contributed by atoms with E-state index in [1.165, 1.54) is 0 Å². The van der Waals surface area contributed by atoms with E-state index in [1.54, 1.807) is 0 Å². The highest BCUT2D eigenvalue weighted by Gasteiger charge is 2.12. The Morgan fingerprint density at radius 1 is 0.815 bits per heavy atom. The summed E-state index contributed by atoms with van der Waals surface area (Å²) in [5.41, 5.74) is 4.25. The minimum absolute atomic E-state index is 0.00749. The smallest absolute Gasteiger partial charge is 0.202 e. The van der Waals surface area contributed by atoms with Crippen molar-refractivity contribution in [1.82, 2.24) is 0 Å². The van der Waals surface area contributed by atoms with Crippen molar-refractivity contribution >= 4 is 11.4 Å². The molecular formula is C22H22N2O3. The lowest BCUT2D eigenvalue weighted by Gasteiger charge is -2.08. The first-order valence-electron chi connectivity index (χ1n) is 8.61. The minimum Gasteiger partial charge on any atom is -0.394 e. The third-order valence-corrected chi connectivity index (χ3v) is 3.88. The van der Waals surface area contributed by atoms with E-state index in [9.17, 15) is 0 Å². The van der Waals surface area contributed by atoms with Crippen molar-refractivity contribution in [1.29, 1.82) is 0 Å². The summed E-state index contributed by atoms with van der Waals surface area (Å²) < 4.78 is 10.6. The summed E-state index contributed by atoms with van der Waals surface area (Å²) in [6.07, 6.45) is 0. The molecular weight excluding hydrogens is 340 g/mol. The summed E-state index contributed by atoms with van der Waals surface area (Å²) >= 11 is 0. The van der Waals surface area contributed by atoms with Gasteiger partial charge in [-0.15, -0.1) is 0 Å². The van der Waals surface area contributed by atoms with Gasteiger partial charge in [-0.3, -0.25) is 0 Å². The lowest BCUT2D eigenvalue weighted by atomic mass is 10.0. The Hall–Kier alpha value is -2.96. The quantitative estimate of drug-likeness (QED) is 0.413. The zero-order valence-corrected chi connectivity index (χ0v) is 15.3. The summed E-state index contributed by atoms with van der Waals surface area (Å²) in [5.74, 6) is 0. The molecule has 27 heavy (non-hydrogen) atoms.